The maximum absolute atomic E-state index is 4.08. The normalized spacial score (nSPS) is 28.5. The van der Waals surface area contributed by atoms with E-state index in [0.29, 0.717) is 0 Å². The third-order valence-corrected chi connectivity index (χ3v) is 3.89. The van der Waals surface area contributed by atoms with Gasteiger partial charge in [-0.1, -0.05) is 42.5 Å². The van der Waals surface area contributed by atoms with Gasteiger partial charge in [0.15, 0.2) is 0 Å². The second kappa shape index (κ2) is 3.10. The Balaban J connectivity index is 2.18. The van der Waals surface area contributed by atoms with Crippen molar-refractivity contribution in [1.82, 2.24) is 0 Å². The maximum Gasteiger partial charge on any atom is 0.0198 e. The zero-order valence-corrected chi connectivity index (χ0v) is 8.95. The summed E-state index contributed by atoms with van der Waals surface area (Å²) in [6.07, 6.45) is 10.6. The fraction of sp³-hybridized carbons (Fsp3) is 0.333. The molecule has 1 unspecified atom stereocenters. The molecule has 0 amide bonds. The van der Waals surface area contributed by atoms with Gasteiger partial charge in [-0.25, -0.2) is 0 Å². The van der Waals surface area contributed by atoms with Crippen molar-refractivity contribution >= 4 is 6.08 Å². The van der Waals surface area contributed by atoms with Crippen molar-refractivity contribution in [3.05, 3.63) is 54.1 Å². The summed E-state index contributed by atoms with van der Waals surface area (Å²) in [5.41, 5.74) is 3.12. The quantitative estimate of drug-likeness (QED) is 0.628. The first-order valence-electron chi connectivity index (χ1n) is 5.76. The van der Waals surface area contributed by atoms with Crippen LogP contribution in [0.5, 0.6) is 0 Å². The monoisotopic (exact) mass is 196 g/mol. The van der Waals surface area contributed by atoms with Gasteiger partial charge in [-0.2, -0.15) is 0 Å². The molecule has 3 rings (SSSR count). The number of fused-ring (bicyclic) bond motifs is 1. The molecule has 0 N–H and O–H groups in total. The van der Waals surface area contributed by atoms with Crippen molar-refractivity contribution in [2.24, 2.45) is 5.92 Å². The highest BCUT2D eigenvalue weighted by molar-refractivity contribution is 5.61. The van der Waals surface area contributed by atoms with Crippen LogP contribution < -0.4 is 0 Å². The number of allylic oxidation sites excluding steroid dienone is 2. The van der Waals surface area contributed by atoms with E-state index in [1.807, 2.05) is 0 Å². The molecule has 1 atom stereocenters. The van der Waals surface area contributed by atoms with E-state index >= 15 is 0 Å². The van der Waals surface area contributed by atoms with Crippen molar-refractivity contribution in [2.75, 3.05) is 0 Å². The highest BCUT2D eigenvalue weighted by Crippen LogP contribution is 2.52. The van der Waals surface area contributed by atoms with Crippen LogP contribution in [0.4, 0.5) is 0 Å². The standard InChI is InChI=1S/C15H16/c1-2-15(13-9-10-13)11-5-7-12-6-3-4-8-14(12)15/h2-8,13H,1,9-11H2. The number of hydrogen-bond acceptors (Lipinski definition) is 0. The average molecular weight is 196 g/mol. The zero-order valence-electron chi connectivity index (χ0n) is 8.95. The van der Waals surface area contributed by atoms with Gasteiger partial charge in [0.05, 0.1) is 0 Å². The smallest absolute Gasteiger partial charge is 0.0198 e. The second-order valence-electron chi connectivity index (χ2n) is 4.71. The first-order valence-corrected chi connectivity index (χ1v) is 5.76. The molecule has 0 nitrogen and oxygen atoms in total. The lowest BCUT2D eigenvalue weighted by atomic mass is 9.69. The van der Waals surface area contributed by atoms with Gasteiger partial charge in [-0.05, 0) is 36.3 Å². The Bertz CT molecular complexity index is 423. The Morgan fingerprint density at radius 2 is 2.07 bits per heavy atom. The summed E-state index contributed by atoms with van der Waals surface area (Å²) in [6, 6.07) is 8.76. The van der Waals surface area contributed by atoms with Crippen molar-refractivity contribution in [3.8, 4) is 0 Å². The van der Waals surface area contributed by atoms with E-state index in [9.17, 15) is 0 Å². The third-order valence-electron chi connectivity index (χ3n) is 3.89. The largest absolute Gasteiger partial charge is 0.102 e. The molecule has 0 bridgehead atoms. The van der Waals surface area contributed by atoms with E-state index in [-0.39, 0.29) is 5.41 Å². The van der Waals surface area contributed by atoms with Crippen molar-refractivity contribution in [2.45, 2.75) is 24.7 Å². The van der Waals surface area contributed by atoms with Gasteiger partial charge in [0, 0.05) is 5.41 Å². The minimum absolute atomic E-state index is 0.241. The summed E-state index contributed by atoms with van der Waals surface area (Å²) >= 11 is 0. The first-order chi connectivity index (χ1) is 7.37. The molecule has 0 spiro atoms. The van der Waals surface area contributed by atoms with Crippen molar-refractivity contribution < 1.29 is 0 Å². The fourth-order valence-electron chi connectivity index (χ4n) is 2.90. The van der Waals surface area contributed by atoms with Gasteiger partial charge in [-0.15, -0.1) is 6.58 Å². The Morgan fingerprint density at radius 1 is 1.27 bits per heavy atom. The van der Waals surface area contributed by atoms with Crippen LogP contribution in [-0.2, 0) is 5.41 Å². The molecule has 1 aromatic rings. The van der Waals surface area contributed by atoms with Crippen LogP contribution >= 0.6 is 0 Å². The first kappa shape index (κ1) is 8.96. The van der Waals surface area contributed by atoms with E-state index in [0.717, 1.165) is 12.3 Å². The van der Waals surface area contributed by atoms with Crippen LogP contribution in [0.3, 0.4) is 0 Å². The van der Waals surface area contributed by atoms with E-state index in [1.165, 1.54) is 24.0 Å². The molecule has 15 heavy (non-hydrogen) atoms. The molecule has 0 heteroatoms. The molecule has 0 saturated heterocycles. The summed E-state index contributed by atoms with van der Waals surface area (Å²) in [7, 11) is 0. The number of rotatable bonds is 2. The van der Waals surface area contributed by atoms with Gasteiger partial charge in [0.1, 0.15) is 0 Å². The molecule has 1 fully saturated rings. The summed E-state index contributed by atoms with van der Waals surface area (Å²) in [6.45, 7) is 4.08. The molecule has 0 radical (unpaired) electrons. The second-order valence-corrected chi connectivity index (χ2v) is 4.71. The molecule has 0 heterocycles. The van der Waals surface area contributed by atoms with Crippen molar-refractivity contribution in [1.29, 1.82) is 0 Å². The maximum atomic E-state index is 4.08. The lowest BCUT2D eigenvalue weighted by Gasteiger charge is -2.34. The highest BCUT2D eigenvalue weighted by atomic mass is 14.5. The molecule has 2 aliphatic carbocycles. The van der Waals surface area contributed by atoms with Crippen LogP contribution in [-0.4, -0.2) is 0 Å². The Labute approximate surface area is 91.3 Å². The van der Waals surface area contributed by atoms with E-state index in [4.69, 9.17) is 0 Å². The Morgan fingerprint density at radius 3 is 2.80 bits per heavy atom. The summed E-state index contributed by atoms with van der Waals surface area (Å²) in [5.74, 6) is 0.834. The molecule has 1 aromatic carbocycles. The minimum Gasteiger partial charge on any atom is -0.102 e. The SMILES string of the molecule is C=CC1(C2CC2)CC=Cc2ccccc21. The fourth-order valence-corrected chi connectivity index (χ4v) is 2.90. The third kappa shape index (κ3) is 1.21. The average Bonchev–Trinajstić information content (AvgIpc) is 3.12. The number of hydrogen-bond donors (Lipinski definition) is 0. The predicted molar refractivity (Wildman–Crippen MR) is 64.7 cm³/mol. The van der Waals surface area contributed by atoms with E-state index in [2.05, 4.69) is 49.1 Å². The highest BCUT2D eigenvalue weighted by Gasteiger charge is 2.44. The summed E-state index contributed by atoms with van der Waals surface area (Å²) < 4.78 is 0. The van der Waals surface area contributed by atoms with Gasteiger partial charge in [-0.3, -0.25) is 0 Å². The Kier molecular flexibility index (Phi) is 1.85. The minimum atomic E-state index is 0.241. The number of benzene rings is 1. The zero-order chi connectivity index (χ0) is 10.3. The molecule has 76 valence electrons. The van der Waals surface area contributed by atoms with Gasteiger partial charge in [0.25, 0.3) is 0 Å². The lowest BCUT2D eigenvalue weighted by molar-refractivity contribution is 0.468. The van der Waals surface area contributed by atoms with Gasteiger partial charge in [0.2, 0.25) is 0 Å². The van der Waals surface area contributed by atoms with Crippen LogP contribution in [0.1, 0.15) is 30.4 Å². The summed E-state index contributed by atoms with van der Waals surface area (Å²) in [5, 5.41) is 0. The van der Waals surface area contributed by atoms with Crippen LogP contribution in [0.2, 0.25) is 0 Å². The molecule has 2 aliphatic rings. The molecule has 0 aliphatic heterocycles. The molecule has 0 aromatic heterocycles. The lowest BCUT2D eigenvalue weighted by Crippen LogP contribution is -2.28. The van der Waals surface area contributed by atoms with Crippen LogP contribution in [0.25, 0.3) is 6.08 Å². The van der Waals surface area contributed by atoms with Crippen LogP contribution in [0, 0.1) is 5.92 Å². The van der Waals surface area contributed by atoms with Crippen molar-refractivity contribution in [3.63, 3.8) is 0 Å². The molecular formula is C15H16. The summed E-state index contributed by atoms with van der Waals surface area (Å²) in [4.78, 5) is 0. The van der Waals surface area contributed by atoms with E-state index < -0.39 is 0 Å². The van der Waals surface area contributed by atoms with Gasteiger partial charge < -0.3 is 0 Å². The molecular weight excluding hydrogens is 180 g/mol. The van der Waals surface area contributed by atoms with Gasteiger partial charge >= 0.3 is 0 Å². The topological polar surface area (TPSA) is 0 Å². The predicted octanol–water partition coefficient (Wildman–Crippen LogP) is 3.94. The van der Waals surface area contributed by atoms with Crippen LogP contribution in [0.15, 0.2) is 43.0 Å². The Hall–Kier alpha value is -1.30. The van der Waals surface area contributed by atoms with E-state index in [1.54, 1.807) is 0 Å². The molecule has 1 saturated carbocycles.